The first-order valence-corrected chi connectivity index (χ1v) is 9.45. The molecule has 8 heteroatoms. The fourth-order valence-corrected chi connectivity index (χ4v) is 3.99. The van der Waals surface area contributed by atoms with Gasteiger partial charge in [0.25, 0.3) is 5.91 Å². The van der Waals surface area contributed by atoms with Gasteiger partial charge in [0.15, 0.2) is 0 Å². The molecule has 4 rings (SSSR count). The van der Waals surface area contributed by atoms with Crippen LogP contribution in [0.25, 0.3) is 11.3 Å². The molecule has 0 aliphatic carbocycles. The van der Waals surface area contributed by atoms with Gasteiger partial charge >= 0.3 is 0 Å². The number of likely N-dealkylation sites (tertiary alicyclic amines) is 1. The molecule has 27 heavy (non-hydrogen) atoms. The molecule has 1 amide bonds. The van der Waals surface area contributed by atoms with Crippen molar-refractivity contribution in [1.29, 1.82) is 0 Å². The molecule has 1 fully saturated rings. The van der Waals surface area contributed by atoms with E-state index in [4.69, 9.17) is 0 Å². The van der Waals surface area contributed by atoms with E-state index in [1.165, 1.54) is 11.3 Å². The number of hydrogen-bond acceptors (Lipinski definition) is 3. The Morgan fingerprint density at radius 1 is 1.15 bits per heavy atom. The summed E-state index contributed by atoms with van der Waals surface area (Å²) in [7, 11) is 0. The summed E-state index contributed by atoms with van der Waals surface area (Å²) in [5, 5.41) is 2.27. The van der Waals surface area contributed by atoms with Gasteiger partial charge in [-0.3, -0.25) is 4.79 Å². The topological polar surface area (TPSA) is 49.0 Å². The third kappa shape index (κ3) is 3.62. The van der Waals surface area contributed by atoms with Gasteiger partial charge in [0, 0.05) is 54.3 Å². The lowest BCUT2D eigenvalue weighted by Crippen LogP contribution is -2.27. The molecule has 0 spiro atoms. The van der Waals surface area contributed by atoms with Crippen LogP contribution in [0.2, 0.25) is 0 Å². The molecule has 0 unspecified atom stereocenters. The van der Waals surface area contributed by atoms with Crippen LogP contribution < -0.4 is 0 Å². The quantitative estimate of drug-likeness (QED) is 0.717. The third-order valence-corrected chi connectivity index (χ3v) is 5.44. The zero-order valence-corrected chi connectivity index (χ0v) is 15.1. The van der Waals surface area contributed by atoms with Gasteiger partial charge in [-0.25, -0.2) is 18.2 Å². The van der Waals surface area contributed by atoms with Gasteiger partial charge < -0.3 is 9.88 Å². The van der Waals surface area contributed by atoms with Crippen molar-refractivity contribution in [1.82, 2.24) is 14.9 Å². The van der Waals surface area contributed by atoms with Crippen LogP contribution in [0.3, 0.4) is 0 Å². The van der Waals surface area contributed by atoms with Crippen molar-refractivity contribution in [3.63, 3.8) is 0 Å². The SMILES string of the molecule is O=C(c1cc(-c2csc(Cc3c(F)cc(F)cc3F)n2)c[nH]1)N1CCCC1. The zero-order chi connectivity index (χ0) is 19.0. The van der Waals surface area contributed by atoms with Crippen LogP contribution in [0.15, 0.2) is 29.8 Å². The molecule has 1 saturated heterocycles. The number of halogens is 3. The highest BCUT2D eigenvalue weighted by Gasteiger charge is 2.21. The normalized spacial score (nSPS) is 14.1. The number of H-pyrrole nitrogens is 1. The number of carbonyl (C=O) groups is 1. The summed E-state index contributed by atoms with van der Waals surface area (Å²) in [6, 6.07) is 3.06. The Morgan fingerprint density at radius 3 is 2.56 bits per heavy atom. The minimum Gasteiger partial charge on any atom is -0.357 e. The lowest BCUT2D eigenvalue weighted by atomic mass is 10.1. The van der Waals surface area contributed by atoms with Crippen molar-refractivity contribution in [3.05, 3.63) is 63.5 Å². The van der Waals surface area contributed by atoms with E-state index in [0.717, 1.165) is 31.5 Å². The van der Waals surface area contributed by atoms with Crippen LogP contribution in [0.1, 0.15) is 33.9 Å². The Labute approximate surface area is 157 Å². The standard InChI is InChI=1S/C19H16F3N3OS/c20-12-6-14(21)13(15(22)7-12)8-18-24-17(10-27-18)11-5-16(23-9-11)19(26)25-3-1-2-4-25/h5-7,9-10,23H,1-4,8H2. The first-order valence-electron chi connectivity index (χ1n) is 8.57. The van der Waals surface area contributed by atoms with E-state index in [0.29, 0.717) is 28.5 Å². The molecule has 3 aromatic rings. The van der Waals surface area contributed by atoms with Crippen LogP contribution in [0, 0.1) is 17.5 Å². The second kappa shape index (κ2) is 7.19. The number of amides is 1. The van der Waals surface area contributed by atoms with Gasteiger partial charge in [-0.1, -0.05) is 0 Å². The highest BCUT2D eigenvalue weighted by Crippen LogP contribution is 2.26. The molecule has 1 aromatic carbocycles. The maximum absolute atomic E-state index is 13.8. The van der Waals surface area contributed by atoms with Crippen molar-refractivity contribution < 1.29 is 18.0 Å². The fraction of sp³-hybridized carbons (Fsp3) is 0.263. The minimum atomic E-state index is -0.948. The van der Waals surface area contributed by atoms with Gasteiger partial charge in [0.2, 0.25) is 0 Å². The molecule has 140 valence electrons. The second-order valence-electron chi connectivity index (χ2n) is 6.45. The Balaban J connectivity index is 1.52. The van der Waals surface area contributed by atoms with Crippen LogP contribution in [0.5, 0.6) is 0 Å². The molecule has 0 atom stereocenters. The minimum absolute atomic E-state index is 0.0374. The van der Waals surface area contributed by atoms with Crippen LogP contribution in [0.4, 0.5) is 13.2 Å². The molecule has 4 nitrogen and oxygen atoms in total. The predicted molar refractivity (Wildman–Crippen MR) is 96.2 cm³/mol. The largest absolute Gasteiger partial charge is 0.357 e. The molecule has 0 saturated carbocycles. The Kier molecular flexibility index (Phi) is 4.73. The molecule has 1 N–H and O–H groups in total. The van der Waals surface area contributed by atoms with E-state index in [1.54, 1.807) is 17.6 Å². The van der Waals surface area contributed by atoms with Crippen molar-refractivity contribution in [3.8, 4) is 11.3 Å². The number of aromatic amines is 1. The van der Waals surface area contributed by atoms with E-state index in [-0.39, 0.29) is 17.9 Å². The summed E-state index contributed by atoms with van der Waals surface area (Å²) in [4.78, 5) is 21.6. The summed E-state index contributed by atoms with van der Waals surface area (Å²) in [5.41, 5.74) is 1.64. The third-order valence-electron chi connectivity index (χ3n) is 4.59. The zero-order valence-electron chi connectivity index (χ0n) is 14.3. The molecule has 1 aliphatic heterocycles. The van der Waals surface area contributed by atoms with Crippen molar-refractivity contribution >= 4 is 17.2 Å². The first-order chi connectivity index (χ1) is 13.0. The van der Waals surface area contributed by atoms with Crippen molar-refractivity contribution in [2.75, 3.05) is 13.1 Å². The van der Waals surface area contributed by atoms with Crippen LogP contribution in [-0.2, 0) is 6.42 Å². The second-order valence-corrected chi connectivity index (χ2v) is 7.40. The maximum Gasteiger partial charge on any atom is 0.270 e. The number of carbonyl (C=O) groups excluding carboxylic acids is 1. The summed E-state index contributed by atoms with van der Waals surface area (Å²) >= 11 is 1.26. The van der Waals surface area contributed by atoms with Crippen LogP contribution in [-0.4, -0.2) is 33.9 Å². The monoisotopic (exact) mass is 391 g/mol. The number of nitrogens with zero attached hydrogens (tertiary/aromatic N) is 2. The summed E-state index contributed by atoms with van der Waals surface area (Å²) in [5.74, 6) is -2.84. The van der Waals surface area contributed by atoms with E-state index >= 15 is 0 Å². The average molecular weight is 391 g/mol. The van der Waals surface area contributed by atoms with E-state index in [2.05, 4.69) is 9.97 Å². The fourth-order valence-electron chi connectivity index (χ4n) is 3.17. The lowest BCUT2D eigenvalue weighted by molar-refractivity contribution is 0.0787. The number of benzene rings is 1. The first kappa shape index (κ1) is 17.8. The van der Waals surface area contributed by atoms with Crippen molar-refractivity contribution in [2.24, 2.45) is 0 Å². The molecule has 2 aromatic heterocycles. The number of thiazole rings is 1. The molecular formula is C19H16F3N3OS. The maximum atomic E-state index is 13.8. The lowest BCUT2D eigenvalue weighted by Gasteiger charge is -2.13. The van der Waals surface area contributed by atoms with E-state index in [1.807, 2.05) is 4.90 Å². The van der Waals surface area contributed by atoms with Gasteiger partial charge in [-0.15, -0.1) is 11.3 Å². The van der Waals surface area contributed by atoms with Crippen LogP contribution >= 0.6 is 11.3 Å². The molecule has 0 bridgehead atoms. The molecule has 1 aliphatic rings. The predicted octanol–water partition coefficient (Wildman–Crippen LogP) is 4.38. The highest BCUT2D eigenvalue weighted by molar-refractivity contribution is 7.10. The Morgan fingerprint density at radius 2 is 1.85 bits per heavy atom. The van der Waals surface area contributed by atoms with Gasteiger partial charge in [0.1, 0.15) is 23.1 Å². The highest BCUT2D eigenvalue weighted by atomic mass is 32.1. The van der Waals surface area contributed by atoms with Gasteiger partial charge in [0.05, 0.1) is 10.7 Å². The number of rotatable bonds is 4. The van der Waals surface area contributed by atoms with E-state index in [9.17, 15) is 18.0 Å². The van der Waals surface area contributed by atoms with Crippen molar-refractivity contribution in [2.45, 2.75) is 19.3 Å². The molecular weight excluding hydrogens is 375 g/mol. The Bertz CT molecular complexity index is 969. The number of aromatic nitrogens is 2. The van der Waals surface area contributed by atoms with E-state index < -0.39 is 17.5 Å². The van der Waals surface area contributed by atoms with Gasteiger partial charge in [-0.2, -0.15) is 0 Å². The Hall–Kier alpha value is -2.61. The smallest absolute Gasteiger partial charge is 0.270 e. The summed E-state index contributed by atoms with van der Waals surface area (Å²) < 4.78 is 40.7. The number of hydrogen-bond donors (Lipinski definition) is 1. The molecule has 0 radical (unpaired) electrons. The molecule has 3 heterocycles. The summed E-state index contributed by atoms with van der Waals surface area (Å²) in [6.07, 6.45) is 3.67. The summed E-state index contributed by atoms with van der Waals surface area (Å²) in [6.45, 7) is 1.53. The number of nitrogens with one attached hydrogen (secondary N) is 1. The average Bonchev–Trinajstić information content (AvgIpc) is 3.38. The van der Waals surface area contributed by atoms with Gasteiger partial charge in [-0.05, 0) is 18.9 Å².